The zero-order valence-corrected chi connectivity index (χ0v) is 16.0. The summed E-state index contributed by atoms with van der Waals surface area (Å²) in [6.07, 6.45) is 0. The molecular formula is C24H24N2O2. The molecule has 1 amide bonds. The van der Waals surface area contributed by atoms with Crippen LogP contribution in [0.4, 0.5) is 11.4 Å². The third kappa shape index (κ3) is 3.92. The third-order valence-corrected chi connectivity index (χ3v) is 5.16. The van der Waals surface area contributed by atoms with Crippen LogP contribution in [0.2, 0.25) is 0 Å². The summed E-state index contributed by atoms with van der Waals surface area (Å²) in [5.74, 6) is -0.0885. The van der Waals surface area contributed by atoms with Crippen molar-refractivity contribution in [3.63, 3.8) is 0 Å². The Morgan fingerprint density at radius 2 is 1.61 bits per heavy atom. The first-order valence-corrected chi connectivity index (χ1v) is 9.61. The van der Waals surface area contributed by atoms with Crippen molar-refractivity contribution in [2.45, 2.75) is 6.92 Å². The van der Waals surface area contributed by atoms with E-state index in [0.717, 1.165) is 54.4 Å². The maximum Gasteiger partial charge on any atom is 0.255 e. The first kappa shape index (κ1) is 18.3. The molecule has 4 heteroatoms. The van der Waals surface area contributed by atoms with E-state index < -0.39 is 0 Å². The predicted octanol–water partition coefficient (Wildman–Crippen LogP) is 4.75. The minimum Gasteiger partial charge on any atom is -0.378 e. The quantitative estimate of drug-likeness (QED) is 0.718. The SMILES string of the molecule is Cc1c(C(=O)Nc2ccc(N3CCOCC3)cc2)cccc1-c1ccccc1. The molecule has 0 radical (unpaired) electrons. The normalized spacial score (nSPS) is 14.0. The Morgan fingerprint density at radius 1 is 0.893 bits per heavy atom. The molecule has 0 atom stereocenters. The molecule has 142 valence electrons. The van der Waals surface area contributed by atoms with Crippen LogP contribution in [0.1, 0.15) is 15.9 Å². The van der Waals surface area contributed by atoms with Gasteiger partial charge in [0.25, 0.3) is 5.91 Å². The molecule has 4 rings (SSSR count). The van der Waals surface area contributed by atoms with Gasteiger partial charge in [0, 0.05) is 30.0 Å². The van der Waals surface area contributed by atoms with Crippen molar-refractivity contribution in [2.75, 3.05) is 36.5 Å². The summed E-state index contributed by atoms with van der Waals surface area (Å²) in [5.41, 5.74) is 5.82. The van der Waals surface area contributed by atoms with Gasteiger partial charge in [-0.2, -0.15) is 0 Å². The molecule has 0 aliphatic carbocycles. The summed E-state index contributed by atoms with van der Waals surface area (Å²) in [7, 11) is 0. The molecule has 1 aliphatic heterocycles. The minimum atomic E-state index is -0.0885. The van der Waals surface area contributed by atoms with E-state index in [4.69, 9.17) is 4.74 Å². The summed E-state index contributed by atoms with van der Waals surface area (Å²) in [4.78, 5) is 15.2. The van der Waals surface area contributed by atoms with E-state index in [1.165, 1.54) is 0 Å². The monoisotopic (exact) mass is 372 g/mol. The number of hydrogen-bond donors (Lipinski definition) is 1. The Kier molecular flexibility index (Phi) is 5.40. The van der Waals surface area contributed by atoms with Crippen LogP contribution >= 0.6 is 0 Å². The van der Waals surface area contributed by atoms with Gasteiger partial charge in [-0.25, -0.2) is 0 Å². The summed E-state index contributed by atoms with van der Waals surface area (Å²) < 4.78 is 5.40. The Bertz CT molecular complexity index is 946. The summed E-state index contributed by atoms with van der Waals surface area (Å²) in [6, 6.07) is 24.0. The van der Waals surface area contributed by atoms with Crippen LogP contribution in [-0.2, 0) is 4.74 Å². The maximum absolute atomic E-state index is 12.9. The van der Waals surface area contributed by atoms with Crippen LogP contribution < -0.4 is 10.2 Å². The molecule has 0 spiro atoms. The van der Waals surface area contributed by atoms with Gasteiger partial charge >= 0.3 is 0 Å². The number of nitrogens with zero attached hydrogens (tertiary/aromatic N) is 1. The first-order chi connectivity index (χ1) is 13.7. The summed E-state index contributed by atoms with van der Waals surface area (Å²) in [5, 5.41) is 3.03. The third-order valence-electron chi connectivity index (χ3n) is 5.16. The topological polar surface area (TPSA) is 41.6 Å². The van der Waals surface area contributed by atoms with Gasteiger partial charge in [-0.05, 0) is 53.9 Å². The van der Waals surface area contributed by atoms with E-state index in [9.17, 15) is 4.79 Å². The Morgan fingerprint density at radius 3 is 2.32 bits per heavy atom. The van der Waals surface area contributed by atoms with Gasteiger partial charge in [0.05, 0.1) is 13.2 Å². The Balaban J connectivity index is 1.51. The van der Waals surface area contributed by atoms with Crippen molar-refractivity contribution >= 4 is 17.3 Å². The van der Waals surface area contributed by atoms with E-state index in [-0.39, 0.29) is 5.91 Å². The number of morpholine rings is 1. The number of anilines is 2. The average Bonchev–Trinajstić information content (AvgIpc) is 2.75. The van der Waals surface area contributed by atoms with Gasteiger partial charge in [-0.15, -0.1) is 0 Å². The van der Waals surface area contributed by atoms with Crippen LogP contribution in [0, 0.1) is 6.92 Å². The number of nitrogens with one attached hydrogen (secondary N) is 1. The number of benzene rings is 3. The van der Waals surface area contributed by atoms with E-state index >= 15 is 0 Å². The zero-order valence-electron chi connectivity index (χ0n) is 16.0. The molecular weight excluding hydrogens is 348 g/mol. The lowest BCUT2D eigenvalue weighted by molar-refractivity contribution is 0.102. The Labute approximate surface area is 165 Å². The molecule has 1 aliphatic rings. The van der Waals surface area contributed by atoms with E-state index in [1.54, 1.807) is 0 Å². The van der Waals surface area contributed by atoms with Crippen LogP contribution in [0.3, 0.4) is 0 Å². The van der Waals surface area contributed by atoms with E-state index in [0.29, 0.717) is 5.56 Å². The standard InChI is InChI=1S/C24H24N2O2/c1-18-22(19-6-3-2-4-7-19)8-5-9-23(18)24(27)25-20-10-12-21(13-11-20)26-14-16-28-17-15-26/h2-13H,14-17H2,1H3,(H,25,27). The average molecular weight is 372 g/mol. The molecule has 3 aromatic rings. The molecule has 3 aromatic carbocycles. The highest BCUT2D eigenvalue weighted by molar-refractivity contribution is 6.06. The molecule has 1 N–H and O–H groups in total. The van der Waals surface area contributed by atoms with Gasteiger partial charge in [-0.1, -0.05) is 42.5 Å². The highest BCUT2D eigenvalue weighted by atomic mass is 16.5. The fraction of sp³-hybridized carbons (Fsp3) is 0.208. The highest BCUT2D eigenvalue weighted by Gasteiger charge is 2.14. The van der Waals surface area contributed by atoms with Gasteiger partial charge in [0.15, 0.2) is 0 Å². The molecule has 0 unspecified atom stereocenters. The first-order valence-electron chi connectivity index (χ1n) is 9.61. The molecule has 1 fully saturated rings. The summed E-state index contributed by atoms with van der Waals surface area (Å²) in [6.45, 7) is 5.32. The highest BCUT2D eigenvalue weighted by Crippen LogP contribution is 2.26. The van der Waals surface area contributed by atoms with Crippen molar-refractivity contribution in [3.05, 3.63) is 83.9 Å². The lowest BCUT2D eigenvalue weighted by Crippen LogP contribution is -2.36. The van der Waals surface area contributed by atoms with Gasteiger partial charge in [0.1, 0.15) is 0 Å². The van der Waals surface area contributed by atoms with Crippen molar-refractivity contribution in [1.29, 1.82) is 0 Å². The minimum absolute atomic E-state index is 0.0885. The lowest BCUT2D eigenvalue weighted by atomic mass is 9.96. The van der Waals surface area contributed by atoms with Crippen molar-refractivity contribution in [3.8, 4) is 11.1 Å². The lowest BCUT2D eigenvalue weighted by Gasteiger charge is -2.28. The molecule has 28 heavy (non-hydrogen) atoms. The van der Waals surface area contributed by atoms with Crippen molar-refractivity contribution in [1.82, 2.24) is 0 Å². The number of hydrogen-bond acceptors (Lipinski definition) is 3. The smallest absolute Gasteiger partial charge is 0.255 e. The van der Waals surface area contributed by atoms with Gasteiger partial charge in [-0.3, -0.25) is 4.79 Å². The number of carbonyl (C=O) groups excluding carboxylic acids is 1. The molecule has 0 bridgehead atoms. The molecule has 1 heterocycles. The van der Waals surface area contributed by atoms with Crippen molar-refractivity contribution < 1.29 is 9.53 Å². The number of rotatable bonds is 4. The number of amides is 1. The predicted molar refractivity (Wildman–Crippen MR) is 114 cm³/mol. The number of carbonyl (C=O) groups is 1. The van der Waals surface area contributed by atoms with Crippen LogP contribution in [0.15, 0.2) is 72.8 Å². The van der Waals surface area contributed by atoms with Gasteiger partial charge in [0.2, 0.25) is 0 Å². The zero-order chi connectivity index (χ0) is 19.3. The fourth-order valence-electron chi connectivity index (χ4n) is 3.59. The van der Waals surface area contributed by atoms with E-state index in [1.807, 2.05) is 61.5 Å². The van der Waals surface area contributed by atoms with Crippen molar-refractivity contribution in [2.24, 2.45) is 0 Å². The maximum atomic E-state index is 12.9. The second-order valence-corrected chi connectivity index (χ2v) is 6.94. The Hall–Kier alpha value is -3.11. The largest absolute Gasteiger partial charge is 0.378 e. The fourth-order valence-corrected chi connectivity index (χ4v) is 3.59. The van der Waals surface area contributed by atoms with Gasteiger partial charge < -0.3 is 15.0 Å². The van der Waals surface area contributed by atoms with Crippen LogP contribution in [-0.4, -0.2) is 32.2 Å². The molecule has 0 aromatic heterocycles. The molecule has 0 saturated carbocycles. The molecule has 1 saturated heterocycles. The second kappa shape index (κ2) is 8.28. The van der Waals surface area contributed by atoms with Crippen LogP contribution in [0.25, 0.3) is 11.1 Å². The summed E-state index contributed by atoms with van der Waals surface area (Å²) >= 11 is 0. The molecule has 4 nitrogen and oxygen atoms in total. The van der Waals surface area contributed by atoms with E-state index in [2.05, 4.69) is 28.4 Å². The number of ether oxygens (including phenoxy) is 1. The van der Waals surface area contributed by atoms with Crippen LogP contribution in [0.5, 0.6) is 0 Å². The second-order valence-electron chi connectivity index (χ2n) is 6.94.